The number of aromatic nitrogens is 2. The number of hydrogen-bond donors (Lipinski definition) is 0. The number of aryl methyl sites for hydroxylation is 1. The van der Waals surface area contributed by atoms with Crippen LogP contribution in [0.15, 0.2) is 29.0 Å². The van der Waals surface area contributed by atoms with Gasteiger partial charge in [0.25, 0.3) is 5.24 Å². The molecular formula is C10H7ClN2O2. The fourth-order valence-electron chi connectivity index (χ4n) is 1.31. The lowest BCUT2D eigenvalue weighted by Gasteiger charge is -1.96. The smallest absolute Gasteiger partial charge is 0.258 e. The maximum absolute atomic E-state index is 11.2. The van der Waals surface area contributed by atoms with E-state index in [1.165, 1.54) is 0 Å². The Morgan fingerprint density at radius 2 is 2.07 bits per heavy atom. The summed E-state index contributed by atoms with van der Waals surface area (Å²) in [5.41, 5.74) is 1.52. The van der Waals surface area contributed by atoms with Gasteiger partial charge in [-0.1, -0.05) is 5.16 Å². The van der Waals surface area contributed by atoms with E-state index in [0.717, 1.165) is 5.56 Å². The number of halogens is 1. The van der Waals surface area contributed by atoms with E-state index < -0.39 is 5.24 Å². The number of hydrogen-bond acceptors (Lipinski definition) is 4. The molecule has 0 fully saturated rings. The molecule has 0 aromatic carbocycles. The van der Waals surface area contributed by atoms with Crippen LogP contribution < -0.4 is 0 Å². The van der Waals surface area contributed by atoms with Gasteiger partial charge < -0.3 is 4.52 Å². The summed E-state index contributed by atoms with van der Waals surface area (Å²) >= 11 is 5.45. The third-order valence-corrected chi connectivity index (χ3v) is 2.20. The molecule has 15 heavy (non-hydrogen) atoms. The van der Waals surface area contributed by atoms with E-state index in [2.05, 4.69) is 10.1 Å². The minimum Gasteiger partial charge on any atom is -0.360 e. The highest BCUT2D eigenvalue weighted by Crippen LogP contribution is 2.25. The Hall–Kier alpha value is -1.68. The standard InChI is InChI=1S/C10H7ClN2O2/c1-6-8(10(11)14)9(13-15-6)7-2-4-12-5-3-7/h2-5H,1H3. The molecule has 4 nitrogen and oxygen atoms in total. The number of carbonyl (C=O) groups is 1. The van der Waals surface area contributed by atoms with Crippen molar-refractivity contribution < 1.29 is 9.32 Å². The van der Waals surface area contributed by atoms with Crippen molar-refractivity contribution >= 4 is 16.8 Å². The molecule has 2 rings (SSSR count). The summed E-state index contributed by atoms with van der Waals surface area (Å²) in [7, 11) is 0. The van der Waals surface area contributed by atoms with E-state index in [-0.39, 0.29) is 0 Å². The van der Waals surface area contributed by atoms with Crippen molar-refractivity contribution in [2.45, 2.75) is 6.92 Å². The highest BCUT2D eigenvalue weighted by molar-refractivity contribution is 6.68. The molecular weight excluding hydrogens is 216 g/mol. The molecule has 0 aliphatic rings. The average molecular weight is 223 g/mol. The first kappa shape index (κ1) is 9.86. The predicted octanol–water partition coefficient (Wildman–Crippen LogP) is 2.42. The third kappa shape index (κ3) is 1.76. The minimum atomic E-state index is -0.569. The van der Waals surface area contributed by atoms with Crippen molar-refractivity contribution in [3.63, 3.8) is 0 Å². The molecule has 0 spiro atoms. The second kappa shape index (κ2) is 3.82. The van der Waals surface area contributed by atoms with Crippen LogP contribution in [0.3, 0.4) is 0 Å². The van der Waals surface area contributed by atoms with Crippen molar-refractivity contribution in [2.75, 3.05) is 0 Å². The lowest BCUT2D eigenvalue weighted by molar-refractivity contribution is 0.108. The van der Waals surface area contributed by atoms with Crippen LogP contribution >= 0.6 is 11.6 Å². The maximum atomic E-state index is 11.2. The van der Waals surface area contributed by atoms with Gasteiger partial charge in [0.1, 0.15) is 17.0 Å². The van der Waals surface area contributed by atoms with Gasteiger partial charge in [-0.05, 0) is 30.7 Å². The normalized spacial score (nSPS) is 10.3. The van der Waals surface area contributed by atoms with Gasteiger partial charge in [-0.15, -0.1) is 0 Å². The Labute approximate surface area is 90.9 Å². The van der Waals surface area contributed by atoms with Gasteiger partial charge in [-0.3, -0.25) is 9.78 Å². The van der Waals surface area contributed by atoms with Crippen LogP contribution in [0.25, 0.3) is 11.3 Å². The van der Waals surface area contributed by atoms with E-state index in [1.54, 1.807) is 31.5 Å². The van der Waals surface area contributed by atoms with Crippen molar-refractivity contribution in [3.05, 3.63) is 35.9 Å². The largest absolute Gasteiger partial charge is 0.360 e. The summed E-state index contributed by atoms with van der Waals surface area (Å²) in [6, 6.07) is 3.47. The molecule has 2 heterocycles. The predicted molar refractivity (Wildman–Crippen MR) is 54.7 cm³/mol. The van der Waals surface area contributed by atoms with Gasteiger partial charge in [0.05, 0.1) is 0 Å². The van der Waals surface area contributed by atoms with Crippen LogP contribution in [0.2, 0.25) is 0 Å². The molecule has 0 saturated heterocycles. The molecule has 0 N–H and O–H groups in total. The molecule has 0 amide bonds. The first-order chi connectivity index (χ1) is 7.20. The van der Waals surface area contributed by atoms with E-state index >= 15 is 0 Å². The molecule has 0 unspecified atom stereocenters. The second-order valence-corrected chi connectivity index (χ2v) is 3.32. The van der Waals surface area contributed by atoms with Crippen LogP contribution in [0.4, 0.5) is 0 Å². The number of nitrogens with zero attached hydrogens (tertiary/aromatic N) is 2. The topological polar surface area (TPSA) is 56.0 Å². The molecule has 0 aliphatic carbocycles. The fourth-order valence-corrected chi connectivity index (χ4v) is 1.53. The van der Waals surface area contributed by atoms with Gasteiger partial charge in [-0.25, -0.2) is 0 Å². The molecule has 0 aliphatic heterocycles. The molecule has 0 saturated carbocycles. The lowest BCUT2D eigenvalue weighted by atomic mass is 10.1. The van der Waals surface area contributed by atoms with Gasteiger partial charge in [0.15, 0.2) is 0 Å². The monoisotopic (exact) mass is 222 g/mol. The van der Waals surface area contributed by atoms with Gasteiger partial charge in [-0.2, -0.15) is 0 Å². The van der Waals surface area contributed by atoms with Gasteiger partial charge >= 0.3 is 0 Å². The van der Waals surface area contributed by atoms with Gasteiger partial charge in [0, 0.05) is 18.0 Å². The molecule has 76 valence electrons. The van der Waals surface area contributed by atoms with E-state index in [9.17, 15) is 4.79 Å². The summed E-state index contributed by atoms with van der Waals surface area (Å²) in [6.45, 7) is 1.65. The summed E-state index contributed by atoms with van der Waals surface area (Å²) < 4.78 is 4.94. The maximum Gasteiger partial charge on any atom is 0.258 e. The first-order valence-electron chi connectivity index (χ1n) is 4.26. The van der Waals surface area contributed by atoms with E-state index in [4.69, 9.17) is 16.1 Å². The van der Waals surface area contributed by atoms with Crippen molar-refractivity contribution in [2.24, 2.45) is 0 Å². The van der Waals surface area contributed by atoms with Crippen LogP contribution in [0.5, 0.6) is 0 Å². The quantitative estimate of drug-likeness (QED) is 0.733. The zero-order valence-corrected chi connectivity index (χ0v) is 8.65. The highest BCUT2D eigenvalue weighted by Gasteiger charge is 2.19. The molecule has 0 atom stereocenters. The van der Waals surface area contributed by atoms with Crippen molar-refractivity contribution in [3.8, 4) is 11.3 Å². The zero-order valence-electron chi connectivity index (χ0n) is 7.90. The number of rotatable bonds is 2. The Kier molecular flexibility index (Phi) is 2.51. The van der Waals surface area contributed by atoms with Crippen LogP contribution in [0, 0.1) is 6.92 Å². The molecule has 2 aromatic heterocycles. The molecule has 0 radical (unpaired) electrons. The Morgan fingerprint density at radius 3 is 2.67 bits per heavy atom. The first-order valence-corrected chi connectivity index (χ1v) is 4.64. The molecule has 0 bridgehead atoms. The fraction of sp³-hybridized carbons (Fsp3) is 0.100. The summed E-state index contributed by atoms with van der Waals surface area (Å²) in [5.74, 6) is 0.418. The second-order valence-electron chi connectivity index (χ2n) is 2.97. The number of carbonyl (C=O) groups excluding carboxylic acids is 1. The van der Waals surface area contributed by atoms with Gasteiger partial charge in [0.2, 0.25) is 0 Å². The Bertz CT molecular complexity index is 493. The number of pyridine rings is 1. The lowest BCUT2D eigenvalue weighted by Crippen LogP contribution is -1.92. The minimum absolute atomic E-state index is 0.308. The van der Waals surface area contributed by atoms with Crippen LogP contribution in [-0.2, 0) is 0 Å². The summed E-state index contributed by atoms with van der Waals surface area (Å²) in [6.07, 6.45) is 3.23. The SMILES string of the molecule is Cc1onc(-c2ccncc2)c1C(=O)Cl. The third-order valence-electron chi connectivity index (χ3n) is 2.01. The van der Waals surface area contributed by atoms with Crippen LogP contribution in [0.1, 0.15) is 16.1 Å². The van der Waals surface area contributed by atoms with Crippen molar-refractivity contribution in [1.82, 2.24) is 10.1 Å². The molecule has 5 heteroatoms. The van der Waals surface area contributed by atoms with E-state index in [0.29, 0.717) is 17.0 Å². The van der Waals surface area contributed by atoms with Crippen LogP contribution in [-0.4, -0.2) is 15.4 Å². The average Bonchev–Trinajstić information content (AvgIpc) is 2.61. The zero-order chi connectivity index (χ0) is 10.8. The summed E-state index contributed by atoms with van der Waals surface area (Å²) in [4.78, 5) is 15.0. The highest BCUT2D eigenvalue weighted by atomic mass is 35.5. The van der Waals surface area contributed by atoms with E-state index in [1.807, 2.05) is 0 Å². The Morgan fingerprint density at radius 1 is 1.40 bits per heavy atom. The van der Waals surface area contributed by atoms with Crippen molar-refractivity contribution in [1.29, 1.82) is 0 Å². The summed E-state index contributed by atoms with van der Waals surface area (Å²) in [5, 5.41) is 3.23. The molecule has 2 aromatic rings. The Balaban J connectivity index is 2.59.